The fourth-order valence-electron chi connectivity index (χ4n) is 1.82. The normalized spacial score (nSPS) is 14.8. The summed E-state index contributed by atoms with van der Waals surface area (Å²) in [6.07, 6.45) is 1.08. The zero-order valence-corrected chi connectivity index (χ0v) is 9.56. The van der Waals surface area contributed by atoms with Crippen LogP contribution in [0.2, 0.25) is 0 Å². The summed E-state index contributed by atoms with van der Waals surface area (Å²) in [5, 5.41) is 6.86. The fourth-order valence-corrected chi connectivity index (χ4v) is 1.82. The number of aromatic amines is 1. The number of rotatable bonds is 2. The van der Waals surface area contributed by atoms with E-state index in [1.165, 1.54) is 0 Å². The average molecular weight is 231 g/mol. The Morgan fingerprint density at radius 3 is 2.88 bits per heavy atom. The Bertz CT molecular complexity index is 552. The number of aromatic nitrogens is 2. The maximum absolute atomic E-state index is 11.9. The van der Waals surface area contributed by atoms with Crippen molar-refractivity contribution in [2.45, 2.75) is 13.3 Å². The lowest BCUT2D eigenvalue weighted by molar-refractivity contribution is 0.0645. The molecule has 5 heteroatoms. The van der Waals surface area contributed by atoms with Crippen LogP contribution < -0.4 is 0 Å². The number of hydrogen-bond donors (Lipinski definition) is 1. The van der Waals surface area contributed by atoms with E-state index in [4.69, 9.17) is 4.42 Å². The number of likely N-dealkylation sites (tertiary alicyclic amines) is 1. The summed E-state index contributed by atoms with van der Waals surface area (Å²) < 4.78 is 5.47. The molecule has 2 aromatic heterocycles. The monoisotopic (exact) mass is 231 g/mol. The Labute approximate surface area is 98.4 Å². The Kier molecular flexibility index (Phi) is 2.24. The highest BCUT2D eigenvalue weighted by Gasteiger charge is 2.24. The maximum Gasteiger partial charge on any atom is 0.274 e. The van der Waals surface area contributed by atoms with Crippen molar-refractivity contribution in [3.8, 4) is 11.5 Å². The molecular formula is C12H13N3O2. The van der Waals surface area contributed by atoms with Crippen molar-refractivity contribution in [3.05, 3.63) is 29.7 Å². The van der Waals surface area contributed by atoms with Gasteiger partial charge in [0.25, 0.3) is 5.91 Å². The third-order valence-electron chi connectivity index (χ3n) is 2.95. The first-order chi connectivity index (χ1) is 8.24. The number of H-pyrrole nitrogens is 1. The molecule has 17 heavy (non-hydrogen) atoms. The molecule has 1 fully saturated rings. The molecule has 0 aromatic carbocycles. The van der Waals surface area contributed by atoms with Gasteiger partial charge >= 0.3 is 0 Å². The van der Waals surface area contributed by atoms with Crippen LogP contribution in [0, 0.1) is 6.92 Å². The standard InChI is InChI=1S/C12H13N3O2/c1-8-3-4-11(17-8)9-7-10(14-13-9)12(16)15-5-2-6-15/h3-4,7H,2,5-6H2,1H3,(H,13,14). The molecule has 0 unspecified atom stereocenters. The number of carbonyl (C=O) groups excluding carboxylic acids is 1. The number of furan rings is 1. The van der Waals surface area contributed by atoms with Crippen molar-refractivity contribution < 1.29 is 9.21 Å². The lowest BCUT2D eigenvalue weighted by atomic mass is 10.2. The van der Waals surface area contributed by atoms with Crippen LogP contribution in [0.3, 0.4) is 0 Å². The number of hydrogen-bond acceptors (Lipinski definition) is 3. The van der Waals surface area contributed by atoms with E-state index in [1.54, 1.807) is 11.0 Å². The third-order valence-corrected chi connectivity index (χ3v) is 2.95. The second kappa shape index (κ2) is 3.76. The van der Waals surface area contributed by atoms with Crippen molar-refractivity contribution in [2.75, 3.05) is 13.1 Å². The number of nitrogens with one attached hydrogen (secondary N) is 1. The minimum absolute atomic E-state index is 0.0120. The molecule has 3 heterocycles. The molecule has 1 saturated heterocycles. The number of carbonyl (C=O) groups is 1. The maximum atomic E-state index is 11.9. The predicted molar refractivity (Wildman–Crippen MR) is 61.5 cm³/mol. The molecule has 3 rings (SSSR count). The third kappa shape index (κ3) is 1.73. The van der Waals surface area contributed by atoms with E-state index < -0.39 is 0 Å². The Hall–Kier alpha value is -2.04. The Balaban J connectivity index is 1.84. The Morgan fingerprint density at radius 1 is 1.47 bits per heavy atom. The van der Waals surface area contributed by atoms with Crippen LogP contribution in [-0.4, -0.2) is 34.1 Å². The topological polar surface area (TPSA) is 62.1 Å². The van der Waals surface area contributed by atoms with E-state index in [2.05, 4.69) is 10.2 Å². The van der Waals surface area contributed by atoms with Crippen LogP contribution in [0.15, 0.2) is 22.6 Å². The molecule has 0 bridgehead atoms. The average Bonchev–Trinajstić information content (AvgIpc) is 2.82. The molecule has 0 saturated carbocycles. The molecule has 0 radical (unpaired) electrons. The van der Waals surface area contributed by atoms with Crippen molar-refractivity contribution in [2.24, 2.45) is 0 Å². The Morgan fingerprint density at radius 2 is 2.29 bits per heavy atom. The van der Waals surface area contributed by atoms with Crippen molar-refractivity contribution in [1.29, 1.82) is 0 Å². The van der Waals surface area contributed by atoms with Crippen LogP contribution in [0.25, 0.3) is 11.5 Å². The van der Waals surface area contributed by atoms with E-state index in [9.17, 15) is 4.79 Å². The van der Waals surface area contributed by atoms with E-state index in [-0.39, 0.29) is 5.91 Å². The van der Waals surface area contributed by atoms with Gasteiger partial charge in [-0.25, -0.2) is 0 Å². The first-order valence-electron chi connectivity index (χ1n) is 5.65. The molecule has 0 atom stereocenters. The zero-order valence-electron chi connectivity index (χ0n) is 9.56. The van der Waals surface area contributed by atoms with Gasteiger partial charge in [-0.15, -0.1) is 0 Å². The van der Waals surface area contributed by atoms with E-state index in [1.807, 2.05) is 19.1 Å². The highest BCUT2D eigenvalue weighted by Crippen LogP contribution is 2.21. The van der Waals surface area contributed by atoms with E-state index in [0.717, 1.165) is 31.0 Å². The van der Waals surface area contributed by atoms with Gasteiger partial charge in [0.15, 0.2) is 11.5 Å². The fraction of sp³-hybridized carbons (Fsp3) is 0.333. The largest absolute Gasteiger partial charge is 0.460 e. The van der Waals surface area contributed by atoms with Gasteiger partial charge in [0, 0.05) is 19.2 Å². The molecule has 88 valence electrons. The second-order valence-corrected chi connectivity index (χ2v) is 4.22. The van der Waals surface area contributed by atoms with Gasteiger partial charge < -0.3 is 9.32 Å². The van der Waals surface area contributed by atoms with Crippen LogP contribution in [0.1, 0.15) is 22.7 Å². The highest BCUT2D eigenvalue weighted by molar-refractivity contribution is 5.93. The van der Waals surface area contributed by atoms with E-state index >= 15 is 0 Å². The predicted octanol–water partition coefficient (Wildman–Crippen LogP) is 1.82. The van der Waals surface area contributed by atoms with Gasteiger partial charge in [-0.3, -0.25) is 9.89 Å². The lowest BCUT2D eigenvalue weighted by Gasteiger charge is -2.29. The molecular weight excluding hydrogens is 218 g/mol. The van der Waals surface area contributed by atoms with Gasteiger partial charge in [-0.1, -0.05) is 0 Å². The molecule has 1 amide bonds. The molecule has 2 aromatic rings. The van der Waals surface area contributed by atoms with Gasteiger partial charge in [0.1, 0.15) is 11.5 Å². The van der Waals surface area contributed by atoms with Crippen LogP contribution in [-0.2, 0) is 0 Å². The van der Waals surface area contributed by atoms with Gasteiger partial charge in [0.2, 0.25) is 0 Å². The lowest BCUT2D eigenvalue weighted by Crippen LogP contribution is -2.42. The summed E-state index contributed by atoms with van der Waals surface area (Å²) in [5.74, 6) is 1.53. The van der Waals surface area contributed by atoms with Crippen molar-refractivity contribution >= 4 is 5.91 Å². The quantitative estimate of drug-likeness (QED) is 0.857. The summed E-state index contributed by atoms with van der Waals surface area (Å²) in [4.78, 5) is 13.7. The molecule has 1 aliphatic rings. The van der Waals surface area contributed by atoms with Gasteiger partial charge in [-0.2, -0.15) is 5.10 Å². The van der Waals surface area contributed by atoms with Gasteiger partial charge in [0.05, 0.1) is 0 Å². The van der Waals surface area contributed by atoms with Crippen LogP contribution >= 0.6 is 0 Å². The van der Waals surface area contributed by atoms with E-state index in [0.29, 0.717) is 11.5 Å². The molecule has 1 aliphatic heterocycles. The minimum atomic E-state index is -0.0120. The molecule has 0 spiro atoms. The number of nitrogens with zero attached hydrogens (tertiary/aromatic N) is 2. The summed E-state index contributed by atoms with van der Waals surface area (Å²) in [6, 6.07) is 5.48. The van der Waals surface area contributed by atoms with Crippen LogP contribution in [0.5, 0.6) is 0 Å². The van der Waals surface area contributed by atoms with Gasteiger partial charge in [-0.05, 0) is 25.5 Å². The first-order valence-corrected chi connectivity index (χ1v) is 5.65. The molecule has 0 aliphatic carbocycles. The number of aryl methyl sites for hydroxylation is 1. The minimum Gasteiger partial charge on any atom is -0.460 e. The highest BCUT2D eigenvalue weighted by atomic mass is 16.3. The summed E-state index contributed by atoms with van der Waals surface area (Å²) >= 11 is 0. The van der Waals surface area contributed by atoms with Crippen molar-refractivity contribution in [1.82, 2.24) is 15.1 Å². The number of amides is 1. The summed E-state index contributed by atoms with van der Waals surface area (Å²) in [6.45, 7) is 3.55. The van der Waals surface area contributed by atoms with Crippen molar-refractivity contribution in [3.63, 3.8) is 0 Å². The summed E-state index contributed by atoms with van der Waals surface area (Å²) in [7, 11) is 0. The zero-order chi connectivity index (χ0) is 11.8. The molecule has 1 N–H and O–H groups in total. The van der Waals surface area contributed by atoms with Crippen LogP contribution in [0.4, 0.5) is 0 Å². The second-order valence-electron chi connectivity index (χ2n) is 4.22. The SMILES string of the molecule is Cc1ccc(-c2cc(C(=O)N3CCC3)n[nH]2)o1. The smallest absolute Gasteiger partial charge is 0.274 e. The molecule has 5 nitrogen and oxygen atoms in total. The first kappa shape index (κ1) is 10.1. The summed E-state index contributed by atoms with van der Waals surface area (Å²) in [5.41, 5.74) is 1.19.